The third-order valence-corrected chi connectivity index (χ3v) is 4.90. The first-order chi connectivity index (χ1) is 10.0. The highest BCUT2D eigenvalue weighted by atomic mass is 16.5. The van der Waals surface area contributed by atoms with E-state index in [1.165, 1.54) is 27.8 Å². The largest absolute Gasteiger partial charge is 0.492 e. The first-order valence-electron chi connectivity index (χ1n) is 7.71. The van der Waals surface area contributed by atoms with Gasteiger partial charge in [0.25, 0.3) is 0 Å². The average molecular weight is 279 g/mol. The summed E-state index contributed by atoms with van der Waals surface area (Å²) < 4.78 is 5.78. The predicted octanol–water partition coefficient (Wildman–Crippen LogP) is 3.97. The number of aryl methyl sites for hydroxylation is 1. The standard InChI is InChI=1S/C19H21NO/c1-19(2)11-21-18-8-5-13(10-16(18)19)12-3-6-15-14(9-12)4-7-17(15)20/h3,5-6,8-10,17H,4,7,11,20H2,1-2H3. The Morgan fingerprint density at radius 2 is 1.86 bits per heavy atom. The first-order valence-corrected chi connectivity index (χ1v) is 7.71. The SMILES string of the molecule is CC1(C)COc2ccc(-c3ccc4c(c3)CCC4N)cc21. The topological polar surface area (TPSA) is 35.2 Å². The maximum atomic E-state index is 6.13. The lowest BCUT2D eigenvalue weighted by molar-refractivity contribution is 0.291. The fourth-order valence-corrected chi connectivity index (χ4v) is 3.53. The van der Waals surface area contributed by atoms with Crippen molar-refractivity contribution in [1.82, 2.24) is 0 Å². The van der Waals surface area contributed by atoms with Gasteiger partial charge in [-0.05, 0) is 47.2 Å². The van der Waals surface area contributed by atoms with Crippen molar-refractivity contribution in [2.45, 2.75) is 38.1 Å². The number of fused-ring (bicyclic) bond motifs is 2. The van der Waals surface area contributed by atoms with Gasteiger partial charge in [-0.1, -0.05) is 38.1 Å². The number of rotatable bonds is 1. The van der Waals surface area contributed by atoms with Crippen molar-refractivity contribution in [3.63, 3.8) is 0 Å². The predicted molar refractivity (Wildman–Crippen MR) is 85.6 cm³/mol. The molecule has 1 unspecified atom stereocenters. The van der Waals surface area contributed by atoms with Gasteiger partial charge in [0.15, 0.2) is 0 Å². The minimum atomic E-state index is 0.102. The van der Waals surface area contributed by atoms with E-state index in [0.29, 0.717) is 0 Å². The van der Waals surface area contributed by atoms with Crippen LogP contribution < -0.4 is 10.5 Å². The lowest BCUT2D eigenvalue weighted by Crippen LogP contribution is -2.18. The van der Waals surface area contributed by atoms with Crippen LogP contribution in [0.15, 0.2) is 36.4 Å². The molecule has 0 bridgehead atoms. The summed E-state index contributed by atoms with van der Waals surface area (Å²) in [4.78, 5) is 0. The van der Waals surface area contributed by atoms with Crippen molar-refractivity contribution in [2.24, 2.45) is 5.73 Å². The molecule has 1 aliphatic heterocycles. The van der Waals surface area contributed by atoms with Crippen LogP contribution in [0, 0.1) is 0 Å². The van der Waals surface area contributed by atoms with Gasteiger partial charge in [0, 0.05) is 17.0 Å². The summed E-state index contributed by atoms with van der Waals surface area (Å²) in [5.74, 6) is 1.03. The second-order valence-electron chi connectivity index (χ2n) is 6.94. The van der Waals surface area contributed by atoms with E-state index in [0.717, 1.165) is 25.2 Å². The second-order valence-corrected chi connectivity index (χ2v) is 6.94. The molecule has 0 amide bonds. The highest BCUT2D eigenvalue weighted by Gasteiger charge is 2.31. The molecule has 0 fully saturated rings. The van der Waals surface area contributed by atoms with E-state index < -0.39 is 0 Å². The first kappa shape index (κ1) is 12.9. The van der Waals surface area contributed by atoms with Crippen molar-refractivity contribution in [3.05, 3.63) is 53.1 Å². The molecule has 4 rings (SSSR count). The van der Waals surface area contributed by atoms with Crippen LogP contribution in [-0.4, -0.2) is 6.61 Å². The molecule has 1 aliphatic carbocycles. The van der Waals surface area contributed by atoms with Crippen LogP contribution in [0.4, 0.5) is 0 Å². The van der Waals surface area contributed by atoms with Gasteiger partial charge in [-0.15, -0.1) is 0 Å². The average Bonchev–Trinajstić information content (AvgIpc) is 3.00. The Labute approximate surface area is 125 Å². The van der Waals surface area contributed by atoms with Gasteiger partial charge < -0.3 is 10.5 Å². The van der Waals surface area contributed by atoms with Gasteiger partial charge in [-0.25, -0.2) is 0 Å². The minimum Gasteiger partial charge on any atom is -0.492 e. The Morgan fingerprint density at radius 1 is 1.10 bits per heavy atom. The van der Waals surface area contributed by atoms with Gasteiger partial charge in [0.1, 0.15) is 5.75 Å². The van der Waals surface area contributed by atoms with E-state index in [-0.39, 0.29) is 11.5 Å². The van der Waals surface area contributed by atoms with Crippen LogP contribution in [-0.2, 0) is 11.8 Å². The van der Waals surface area contributed by atoms with Crippen LogP contribution in [0.3, 0.4) is 0 Å². The summed E-state index contributed by atoms with van der Waals surface area (Å²) in [5, 5.41) is 0. The third-order valence-electron chi connectivity index (χ3n) is 4.90. The maximum absolute atomic E-state index is 6.13. The molecule has 2 aromatic rings. The summed E-state index contributed by atoms with van der Waals surface area (Å²) >= 11 is 0. The molecule has 2 heteroatoms. The molecule has 1 atom stereocenters. The summed E-state index contributed by atoms with van der Waals surface area (Å²) in [6.07, 6.45) is 2.17. The van der Waals surface area contributed by atoms with Crippen LogP contribution in [0.5, 0.6) is 5.75 Å². The molecule has 21 heavy (non-hydrogen) atoms. The van der Waals surface area contributed by atoms with E-state index in [9.17, 15) is 0 Å². The summed E-state index contributed by atoms with van der Waals surface area (Å²) in [7, 11) is 0. The second kappa shape index (κ2) is 4.35. The van der Waals surface area contributed by atoms with Crippen molar-refractivity contribution in [3.8, 4) is 16.9 Å². The Morgan fingerprint density at radius 3 is 2.71 bits per heavy atom. The molecule has 2 nitrogen and oxygen atoms in total. The highest BCUT2D eigenvalue weighted by Crippen LogP contribution is 2.41. The number of hydrogen-bond acceptors (Lipinski definition) is 2. The van der Waals surface area contributed by atoms with E-state index in [1.807, 2.05) is 0 Å². The maximum Gasteiger partial charge on any atom is 0.123 e. The van der Waals surface area contributed by atoms with Gasteiger partial charge in [-0.3, -0.25) is 0 Å². The zero-order valence-electron chi connectivity index (χ0n) is 12.6. The van der Waals surface area contributed by atoms with E-state index in [1.54, 1.807) is 0 Å². The summed E-state index contributed by atoms with van der Waals surface area (Å²) in [6, 6.07) is 13.5. The fourth-order valence-electron chi connectivity index (χ4n) is 3.53. The quantitative estimate of drug-likeness (QED) is 0.857. The molecule has 108 valence electrons. The van der Waals surface area contributed by atoms with Crippen LogP contribution in [0.2, 0.25) is 0 Å². The van der Waals surface area contributed by atoms with E-state index >= 15 is 0 Å². The molecule has 0 saturated heterocycles. The van der Waals surface area contributed by atoms with Gasteiger partial charge >= 0.3 is 0 Å². The number of nitrogens with two attached hydrogens (primary N) is 1. The molecule has 1 heterocycles. The number of hydrogen-bond donors (Lipinski definition) is 1. The Balaban J connectivity index is 1.78. The van der Waals surface area contributed by atoms with Crippen LogP contribution >= 0.6 is 0 Å². The lowest BCUT2D eigenvalue weighted by atomic mass is 9.85. The van der Waals surface area contributed by atoms with E-state index in [4.69, 9.17) is 10.5 Å². The van der Waals surface area contributed by atoms with E-state index in [2.05, 4.69) is 50.2 Å². The van der Waals surface area contributed by atoms with Crippen molar-refractivity contribution in [2.75, 3.05) is 6.61 Å². The Bertz CT molecular complexity index is 718. The van der Waals surface area contributed by atoms with Gasteiger partial charge in [0.2, 0.25) is 0 Å². The van der Waals surface area contributed by atoms with Crippen LogP contribution in [0.25, 0.3) is 11.1 Å². The lowest BCUT2D eigenvalue weighted by Gasteiger charge is -2.16. The normalized spacial score (nSPS) is 21.8. The van der Waals surface area contributed by atoms with Gasteiger partial charge in [-0.2, -0.15) is 0 Å². The fraction of sp³-hybridized carbons (Fsp3) is 0.368. The van der Waals surface area contributed by atoms with Crippen molar-refractivity contribution in [1.29, 1.82) is 0 Å². The van der Waals surface area contributed by atoms with Gasteiger partial charge in [0.05, 0.1) is 6.61 Å². The number of ether oxygens (including phenoxy) is 1. The Kier molecular flexibility index (Phi) is 2.67. The summed E-state index contributed by atoms with van der Waals surface area (Å²) in [5.41, 5.74) is 12.8. The molecular formula is C19H21NO. The number of benzene rings is 2. The molecule has 2 aromatic carbocycles. The molecule has 0 radical (unpaired) electrons. The molecule has 0 saturated carbocycles. The molecule has 2 aliphatic rings. The molecular weight excluding hydrogens is 258 g/mol. The summed E-state index contributed by atoms with van der Waals surface area (Å²) in [6.45, 7) is 5.25. The molecule has 2 N–H and O–H groups in total. The zero-order chi connectivity index (χ0) is 14.6. The van der Waals surface area contributed by atoms with Crippen molar-refractivity contribution >= 4 is 0 Å². The Hall–Kier alpha value is -1.80. The smallest absolute Gasteiger partial charge is 0.123 e. The minimum absolute atomic E-state index is 0.102. The van der Waals surface area contributed by atoms with Crippen LogP contribution in [0.1, 0.15) is 43.0 Å². The third kappa shape index (κ3) is 1.97. The molecule has 0 spiro atoms. The zero-order valence-corrected chi connectivity index (χ0v) is 12.6. The molecule has 0 aromatic heterocycles. The highest BCUT2D eigenvalue weighted by molar-refractivity contribution is 5.68. The monoisotopic (exact) mass is 279 g/mol. The van der Waals surface area contributed by atoms with Crippen molar-refractivity contribution < 1.29 is 4.74 Å².